The Kier molecular flexibility index (Phi) is 7.14. The molecule has 3 rings (SSSR count). The van der Waals surface area contributed by atoms with Crippen molar-refractivity contribution in [2.75, 3.05) is 19.8 Å². The molecule has 0 spiro atoms. The maximum Gasteiger partial charge on any atom is 0.292 e. The molecule has 0 radical (unpaired) electrons. The van der Waals surface area contributed by atoms with Crippen LogP contribution in [-0.4, -0.2) is 31.7 Å². The van der Waals surface area contributed by atoms with Crippen LogP contribution in [0.2, 0.25) is 0 Å². The standard InChI is InChI=1S/C22H25FN2O3/c1-2-27-13-14-28-22(25-21(26)17-9-5-10-18(23)15-17)24-20-12-6-8-16-7-3-4-11-19(16)20/h3-5,7,9-11,15,20H,2,6,8,12-14H2,1H3,(H,24,25,26)/t20-/m1/s1. The van der Waals surface area contributed by atoms with Crippen molar-refractivity contribution in [3.8, 4) is 0 Å². The first-order valence-corrected chi connectivity index (χ1v) is 9.60. The number of hydrogen-bond acceptors (Lipinski definition) is 4. The minimum Gasteiger partial charge on any atom is -0.463 e. The van der Waals surface area contributed by atoms with Crippen LogP contribution in [0, 0.1) is 5.82 Å². The van der Waals surface area contributed by atoms with E-state index in [1.807, 2.05) is 19.1 Å². The lowest BCUT2D eigenvalue weighted by atomic mass is 9.88. The number of nitrogens with zero attached hydrogens (tertiary/aromatic N) is 1. The number of amidine groups is 1. The number of carbonyl (C=O) groups excluding carboxylic acids is 1. The number of nitrogens with one attached hydrogen (secondary N) is 1. The second-order valence-electron chi connectivity index (χ2n) is 6.55. The third kappa shape index (κ3) is 5.39. The van der Waals surface area contributed by atoms with Crippen molar-refractivity contribution in [2.45, 2.75) is 32.2 Å². The lowest BCUT2D eigenvalue weighted by Gasteiger charge is -2.23. The zero-order valence-electron chi connectivity index (χ0n) is 16.0. The maximum atomic E-state index is 13.4. The lowest BCUT2D eigenvalue weighted by molar-refractivity contribution is 0.0920. The summed E-state index contributed by atoms with van der Waals surface area (Å²) in [5.74, 6) is -0.927. The van der Waals surface area contributed by atoms with E-state index in [1.54, 1.807) is 6.07 Å². The molecule has 0 saturated heterocycles. The molecule has 0 saturated carbocycles. The van der Waals surface area contributed by atoms with E-state index >= 15 is 0 Å². The van der Waals surface area contributed by atoms with E-state index < -0.39 is 11.7 Å². The summed E-state index contributed by atoms with van der Waals surface area (Å²) in [5.41, 5.74) is 2.64. The molecule has 1 aliphatic rings. The zero-order valence-corrected chi connectivity index (χ0v) is 16.0. The van der Waals surface area contributed by atoms with Crippen LogP contribution >= 0.6 is 0 Å². The highest BCUT2D eigenvalue weighted by molar-refractivity contribution is 6.04. The van der Waals surface area contributed by atoms with Crippen molar-refractivity contribution in [1.29, 1.82) is 0 Å². The molecule has 2 aromatic rings. The fraction of sp³-hybridized carbons (Fsp3) is 0.364. The van der Waals surface area contributed by atoms with Crippen LogP contribution in [0.1, 0.15) is 47.3 Å². The molecule has 1 N–H and O–H groups in total. The molecule has 1 aliphatic carbocycles. The Morgan fingerprint density at radius 3 is 2.89 bits per heavy atom. The third-order valence-corrected chi connectivity index (χ3v) is 4.59. The minimum absolute atomic E-state index is 0.0835. The van der Waals surface area contributed by atoms with Crippen LogP contribution in [-0.2, 0) is 15.9 Å². The predicted molar refractivity (Wildman–Crippen MR) is 106 cm³/mol. The normalized spacial score (nSPS) is 16.4. The van der Waals surface area contributed by atoms with Crippen molar-refractivity contribution in [1.82, 2.24) is 5.32 Å². The van der Waals surface area contributed by atoms with Gasteiger partial charge in [-0.2, -0.15) is 0 Å². The van der Waals surface area contributed by atoms with Gasteiger partial charge in [-0.05, 0) is 55.5 Å². The zero-order chi connectivity index (χ0) is 19.8. The van der Waals surface area contributed by atoms with E-state index in [4.69, 9.17) is 9.47 Å². The molecular formula is C22H25FN2O3. The number of fused-ring (bicyclic) bond motifs is 1. The van der Waals surface area contributed by atoms with Crippen molar-refractivity contribution in [2.24, 2.45) is 4.99 Å². The van der Waals surface area contributed by atoms with E-state index in [2.05, 4.69) is 22.4 Å². The Labute approximate surface area is 164 Å². The highest BCUT2D eigenvalue weighted by Gasteiger charge is 2.21. The topological polar surface area (TPSA) is 59.9 Å². The molecular weight excluding hydrogens is 359 g/mol. The second kappa shape index (κ2) is 9.99. The number of halogens is 1. The second-order valence-corrected chi connectivity index (χ2v) is 6.55. The molecule has 0 fully saturated rings. The van der Waals surface area contributed by atoms with Gasteiger partial charge >= 0.3 is 0 Å². The fourth-order valence-corrected chi connectivity index (χ4v) is 3.25. The van der Waals surface area contributed by atoms with E-state index in [-0.39, 0.29) is 24.2 Å². The number of rotatable bonds is 6. The van der Waals surface area contributed by atoms with E-state index in [1.165, 1.54) is 23.8 Å². The molecule has 148 valence electrons. The van der Waals surface area contributed by atoms with Crippen LogP contribution in [0.5, 0.6) is 0 Å². The van der Waals surface area contributed by atoms with Crippen LogP contribution in [0.25, 0.3) is 0 Å². The average molecular weight is 384 g/mol. The lowest BCUT2D eigenvalue weighted by Crippen LogP contribution is -2.34. The number of hydrogen-bond donors (Lipinski definition) is 1. The first kappa shape index (κ1) is 20.0. The van der Waals surface area contributed by atoms with E-state index in [9.17, 15) is 9.18 Å². The summed E-state index contributed by atoms with van der Waals surface area (Å²) in [6.45, 7) is 3.15. The largest absolute Gasteiger partial charge is 0.463 e. The minimum atomic E-state index is -0.468. The molecule has 0 aliphatic heterocycles. The monoisotopic (exact) mass is 384 g/mol. The summed E-state index contributed by atoms with van der Waals surface area (Å²) >= 11 is 0. The maximum absolute atomic E-state index is 13.4. The summed E-state index contributed by atoms with van der Waals surface area (Å²) in [4.78, 5) is 17.2. The van der Waals surface area contributed by atoms with Gasteiger partial charge in [0, 0.05) is 12.2 Å². The molecule has 2 aromatic carbocycles. The Hall–Kier alpha value is -2.73. The highest BCUT2D eigenvalue weighted by Crippen LogP contribution is 2.32. The molecule has 1 amide bonds. The van der Waals surface area contributed by atoms with Gasteiger partial charge in [0.05, 0.1) is 12.6 Å². The van der Waals surface area contributed by atoms with Crippen molar-refractivity contribution >= 4 is 11.9 Å². The molecule has 0 aromatic heterocycles. The molecule has 6 heteroatoms. The SMILES string of the molecule is CCOCCOC(=N[C@@H]1CCCc2ccccc21)NC(=O)c1cccc(F)c1. The Balaban J connectivity index is 1.78. The number of aryl methyl sites for hydroxylation is 1. The van der Waals surface area contributed by atoms with Crippen molar-refractivity contribution in [3.63, 3.8) is 0 Å². The first-order chi connectivity index (χ1) is 13.7. The summed E-state index contributed by atoms with van der Waals surface area (Å²) < 4.78 is 24.4. The number of ether oxygens (including phenoxy) is 2. The Bertz CT molecular complexity index is 838. The molecule has 0 unspecified atom stereocenters. The summed E-state index contributed by atoms with van der Waals surface area (Å²) in [5, 5.41) is 2.68. The molecule has 0 heterocycles. The van der Waals surface area contributed by atoms with Gasteiger partial charge in [0.1, 0.15) is 12.4 Å². The van der Waals surface area contributed by atoms with E-state index in [0.29, 0.717) is 13.2 Å². The smallest absolute Gasteiger partial charge is 0.292 e. The van der Waals surface area contributed by atoms with Gasteiger partial charge in [-0.25, -0.2) is 9.38 Å². The molecule has 5 nitrogen and oxygen atoms in total. The van der Waals surface area contributed by atoms with Gasteiger partial charge in [0.15, 0.2) is 0 Å². The predicted octanol–water partition coefficient (Wildman–Crippen LogP) is 4.04. The average Bonchev–Trinajstić information content (AvgIpc) is 2.71. The highest BCUT2D eigenvalue weighted by atomic mass is 19.1. The van der Waals surface area contributed by atoms with Gasteiger partial charge < -0.3 is 9.47 Å². The van der Waals surface area contributed by atoms with Crippen LogP contribution in [0.3, 0.4) is 0 Å². The fourth-order valence-electron chi connectivity index (χ4n) is 3.25. The van der Waals surface area contributed by atoms with Crippen LogP contribution < -0.4 is 5.32 Å². The molecule has 1 atom stereocenters. The Morgan fingerprint density at radius 1 is 1.21 bits per heavy atom. The Morgan fingerprint density at radius 2 is 2.07 bits per heavy atom. The van der Waals surface area contributed by atoms with Gasteiger partial charge in [0.25, 0.3) is 11.9 Å². The number of carbonyl (C=O) groups is 1. The number of aliphatic imine (C=N–C) groups is 1. The van der Waals surface area contributed by atoms with Crippen LogP contribution in [0.15, 0.2) is 53.5 Å². The van der Waals surface area contributed by atoms with Crippen molar-refractivity contribution < 1.29 is 18.7 Å². The van der Waals surface area contributed by atoms with E-state index in [0.717, 1.165) is 24.8 Å². The van der Waals surface area contributed by atoms with Gasteiger partial charge in [-0.15, -0.1) is 0 Å². The van der Waals surface area contributed by atoms with Gasteiger partial charge in [0.2, 0.25) is 0 Å². The third-order valence-electron chi connectivity index (χ3n) is 4.59. The summed E-state index contributed by atoms with van der Waals surface area (Å²) in [6, 6.07) is 13.8. The van der Waals surface area contributed by atoms with Crippen LogP contribution in [0.4, 0.5) is 4.39 Å². The quantitative estimate of drug-likeness (QED) is 0.464. The first-order valence-electron chi connectivity index (χ1n) is 9.60. The molecule has 0 bridgehead atoms. The number of benzene rings is 2. The summed E-state index contributed by atoms with van der Waals surface area (Å²) in [7, 11) is 0. The number of amides is 1. The van der Waals surface area contributed by atoms with Gasteiger partial charge in [-0.1, -0.05) is 30.3 Å². The van der Waals surface area contributed by atoms with Gasteiger partial charge in [-0.3, -0.25) is 10.1 Å². The van der Waals surface area contributed by atoms with Crippen molar-refractivity contribution in [3.05, 3.63) is 71.0 Å². The molecule has 28 heavy (non-hydrogen) atoms. The summed E-state index contributed by atoms with van der Waals surface area (Å²) in [6.07, 6.45) is 2.93.